The lowest BCUT2D eigenvalue weighted by atomic mass is 10.3. The van der Waals surface area contributed by atoms with Gasteiger partial charge in [-0.3, -0.25) is 4.79 Å². The molecule has 100 valence electrons. The molecule has 7 heteroatoms. The second-order valence-corrected chi connectivity index (χ2v) is 5.35. The number of nitrogen functional groups attached to an aromatic ring is 1. The van der Waals surface area contributed by atoms with Crippen LogP contribution < -0.4 is 11.1 Å². The summed E-state index contributed by atoms with van der Waals surface area (Å²) in [4.78, 5) is 18.4. The minimum atomic E-state index is -0.416. The average molecular weight is 270 g/mol. The normalized spacial score (nSPS) is 19.2. The number of rotatable bonds is 4. The zero-order valence-corrected chi connectivity index (χ0v) is 11.2. The quantitative estimate of drug-likeness (QED) is 0.751. The van der Waals surface area contributed by atoms with Crippen molar-refractivity contribution in [2.45, 2.75) is 25.9 Å². The molecule has 0 bridgehead atoms. The number of aromatic nitrogens is 1. The number of aliphatic hydroxyl groups is 1. The molecule has 2 rings (SSSR count). The molecular formula is C11H18N4O2S. The summed E-state index contributed by atoms with van der Waals surface area (Å²) in [5.41, 5.74) is 5.77. The third-order valence-corrected chi connectivity index (χ3v) is 3.84. The lowest BCUT2D eigenvalue weighted by molar-refractivity contribution is 0.0770. The molecule has 0 radical (unpaired) electrons. The fourth-order valence-electron chi connectivity index (χ4n) is 1.86. The molecule has 1 aliphatic rings. The summed E-state index contributed by atoms with van der Waals surface area (Å²) in [7, 11) is 0. The van der Waals surface area contributed by atoms with Crippen LogP contribution in [0, 0.1) is 0 Å². The van der Waals surface area contributed by atoms with Crippen molar-refractivity contribution < 1.29 is 9.90 Å². The SMILES string of the molecule is CCCNc1nc(N)c(C(=O)N2CCC(O)C2)s1. The van der Waals surface area contributed by atoms with E-state index in [2.05, 4.69) is 17.2 Å². The highest BCUT2D eigenvalue weighted by molar-refractivity contribution is 7.18. The highest BCUT2D eigenvalue weighted by atomic mass is 32.1. The fraction of sp³-hybridized carbons (Fsp3) is 0.636. The standard InChI is InChI=1S/C11H18N4O2S/c1-2-4-13-11-14-9(12)8(18-11)10(17)15-5-3-7(16)6-15/h7,16H,2-6,12H2,1H3,(H,13,14). The number of amides is 1. The molecule has 4 N–H and O–H groups in total. The highest BCUT2D eigenvalue weighted by Crippen LogP contribution is 2.27. The molecule has 0 spiro atoms. The van der Waals surface area contributed by atoms with Gasteiger partial charge in [0.2, 0.25) is 0 Å². The Labute approximate surface area is 110 Å². The average Bonchev–Trinajstić information content (AvgIpc) is 2.92. The van der Waals surface area contributed by atoms with Gasteiger partial charge in [0.1, 0.15) is 10.7 Å². The van der Waals surface area contributed by atoms with Crippen LogP contribution in [0.1, 0.15) is 29.4 Å². The number of nitrogens with one attached hydrogen (secondary N) is 1. The summed E-state index contributed by atoms with van der Waals surface area (Å²) in [5.74, 6) is 0.135. The summed E-state index contributed by atoms with van der Waals surface area (Å²) in [6.07, 6.45) is 1.20. The molecule has 18 heavy (non-hydrogen) atoms. The highest BCUT2D eigenvalue weighted by Gasteiger charge is 2.28. The molecule has 6 nitrogen and oxygen atoms in total. The van der Waals surface area contributed by atoms with Crippen LogP contribution in [0.2, 0.25) is 0 Å². The van der Waals surface area contributed by atoms with E-state index in [1.807, 2.05) is 0 Å². The maximum absolute atomic E-state index is 12.2. The Morgan fingerprint density at radius 1 is 1.72 bits per heavy atom. The van der Waals surface area contributed by atoms with Crippen LogP contribution >= 0.6 is 11.3 Å². The van der Waals surface area contributed by atoms with E-state index in [-0.39, 0.29) is 11.7 Å². The molecule has 0 aromatic carbocycles. The Bertz CT molecular complexity index is 435. The summed E-state index contributed by atoms with van der Waals surface area (Å²) < 4.78 is 0. The molecule has 1 saturated heterocycles. The molecule has 1 fully saturated rings. The third-order valence-electron chi connectivity index (χ3n) is 2.82. The Morgan fingerprint density at radius 3 is 3.11 bits per heavy atom. The first kappa shape index (κ1) is 13.1. The zero-order valence-electron chi connectivity index (χ0n) is 10.3. The molecule has 1 unspecified atom stereocenters. The minimum absolute atomic E-state index is 0.133. The summed E-state index contributed by atoms with van der Waals surface area (Å²) in [6, 6.07) is 0. The lowest BCUT2D eigenvalue weighted by Gasteiger charge is -2.13. The van der Waals surface area contributed by atoms with Gasteiger partial charge in [0.05, 0.1) is 6.10 Å². The van der Waals surface area contributed by atoms with Crippen molar-refractivity contribution in [1.82, 2.24) is 9.88 Å². The van der Waals surface area contributed by atoms with Crippen LogP contribution in [0.4, 0.5) is 10.9 Å². The van der Waals surface area contributed by atoms with Crippen molar-refractivity contribution in [2.75, 3.05) is 30.7 Å². The van der Waals surface area contributed by atoms with Gasteiger partial charge in [0.25, 0.3) is 5.91 Å². The van der Waals surface area contributed by atoms with Gasteiger partial charge < -0.3 is 21.1 Å². The van der Waals surface area contributed by atoms with Crippen molar-refractivity contribution in [3.05, 3.63) is 4.88 Å². The van der Waals surface area contributed by atoms with Gasteiger partial charge in [-0.1, -0.05) is 18.3 Å². The molecule has 1 aromatic rings. The second-order valence-electron chi connectivity index (χ2n) is 4.35. The van der Waals surface area contributed by atoms with Gasteiger partial charge in [-0.05, 0) is 12.8 Å². The van der Waals surface area contributed by atoms with Crippen molar-refractivity contribution >= 4 is 28.2 Å². The van der Waals surface area contributed by atoms with E-state index in [0.29, 0.717) is 29.5 Å². The monoisotopic (exact) mass is 270 g/mol. The number of β-amino-alcohol motifs (C(OH)–C–C–N with tert-alkyl or cyclic N) is 1. The van der Waals surface area contributed by atoms with Crippen LogP contribution in [0.25, 0.3) is 0 Å². The number of thiazole rings is 1. The van der Waals surface area contributed by atoms with E-state index in [1.165, 1.54) is 11.3 Å². The van der Waals surface area contributed by atoms with Gasteiger partial charge in [-0.2, -0.15) is 0 Å². The first-order valence-electron chi connectivity index (χ1n) is 6.09. The van der Waals surface area contributed by atoms with Gasteiger partial charge in [0, 0.05) is 19.6 Å². The van der Waals surface area contributed by atoms with Crippen molar-refractivity contribution in [2.24, 2.45) is 0 Å². The van der Waals surface area contributed by atoms with E-state index in [4.69, 9.17) is 5.73 Å². The van der Waals surface area contributed by atoms with Crippen molar-refractivity contribution in [3.8, 4) is 0 Å². The fourth-order valence-corrected chi connectivity index (χ4v) is 2.74. The van der Waals surface area contributed by atoms with Gasteiger partial charge in [-0.25, -0.2) is 4.98 Å². The predicted molar refractivity (Wildman–Crippen MR) is 71.8 cm³/mol. The number of aliphatic hydroxyl groups excluding tert-OH is 1. The summed E-state index contributed by atoms with van der Waals surface area (Å²) >= 11 is 1.28. The number of carbonyl (C=O) groups is 1. The molecule has 2 heterocycles. The number of hydrogen-bond acceptors (Lipinski definition) is 6. The third kappa shape index (κ3) is 2.73. The molecule has 0 saturated carbocycles. The zero-order chi connectivity index (χ0) is 13.1. The number of anilines is 2. The van der Waals surface area contributed by atoms with E-state index in [0.717, 1.165) is 13.0 Å². The smallest absolute Gasteiger partial charge is 0.267 e. The first-order valence-corrected chi connectivity index (χ1v) is 6.91. The molecule has 1 atom stereocenters. The van der Waals surface area contributed by atoms with Crippen LogP contribution in [0.5, 0.6) is 0 Å². The van der Waals surface area contributed by atoms with Gasteiger partial charge in [0.15, 0.2) is 5.13 Å². The van der Waals surface area contributed by atoms with Crippen LogP contribution in [-0.2, 0) is 0 Å². The number of carbonyl (C=O) groups excluding carboxylic acids is 1. The maximum Gasteiger partial charge on any atom is 0.267 e. The van der Waals surface area contributed by atoms with Crippen molar-refractivity contribution in [3.63, 3.8) is 0 Å². The lowest BCUT2D eigenvalue weighted by Crippen LogP contribution is -2.29. The van der Waals surface area contributed by atoms with E-state index in [1.54, 1.807) is 4.90 Å². The van der Waals surface area contributed by atoms with E-state index < -0.39 is 6.10 Å². The van der Waals surface area contributed by atoms with Gasteiger partial charge in [-0.15, -0.1) is 0 Å². The number of hydrogen-bond donors (Lipinski definition) is 3. The molecular weight excluding hydrogens is 252 g/mol. The topological polar surface area (TPSA) is 91.5 Å². The molecule has 1 amide bonds. The maximum atomic E-state index is 12.2. The van der Waals surface area contributed by atoms with Crippen LogP contribution in [-0.4, -0.2) is 46.6 Å². The predicted octanol–water partition coefficient (Wildman–Crippen LogP) is 0.754. The van der Waals surface area contributed by atoms with Crippen molar-refractivity contribution in [1.29, 1.82) is 0 Å². The summed E-state index contributed by atoms with van der Waals surface area (Å²) in [6.45, 7) is 3.83. The van der Waals surface area contributed by atoms with Gasteiger partial charge >= 0.3 is 0 Å². The second kappa shape index (κ2) is 5.53. The number of likely N-dealkylation sites (tertiary alicyclic amines) is 1. The van der Waals surface area contributed by atoms with E-state index in [9.17, 15) is 9.90 Å². The Hall–Kier alpha value is -1.34. The molecule has 1 aliphatic heterocycles. The Morgan fingerprint density at radius 2 is 2.50 bits per heavy atom. The minimum Gasteiger partial charge on any atom is -0.391 e. The first-order chi connectivity index (χ1) is 8.61. The number of nitrogens with zero attached hydrogens (tertiary/aromatic N) is 2. The van der Waals surface area contributed by atoms with Crippen LogP contribution in [0.3, 0.4) is 0 Å². The molecule has 1 aromatic heterocycles. The largest absolute Gasteiger partial charge is 0.391 e. The summed E-state index contributed by atoms with van der Waals surface area (Å²) in [5, 5.41) is 13.2. The van der Waals surface area contributed by atoms with E-state index >= 15 is 0 Å². The number of nitrogens with two attached hydrogens (primary N) is 1. The molecule has 0 aliphatic carbocycles. The van der Waals surface area contributed by atoms with Crippen LogP contribution in [0.15, 0.2) is 0 Å². The Kier molecular flexibility index (Phi) is 4.03. The Balaban J connectivity index is 2.07.